The molecule has 0 saturated carbocycles. The first-order valence-corrected chi connectivity index (χ1v) is 33.9. The summed E-state index contributed by atoms with van der Waals surface area (Å²) in [4.78, 5) is 48.7. The number of hydrogen-bond acceptors (Lipinski definition) is 10. The minimum atomic E-state index is -4.78. The molecule has 0 aromatic heterocycles. The summed E-state index contributed by atoms with van der Waals surface area (Å²) in [7, 11) is -4.78. The zero-order valence-electron chi connectivity index (χ0n) is 51.9. The van der Waals surface area contributed by atoms with E-state index >= 15 is 0 Å². The Bertz CT molecular complexity index is 1840. The Balaban J connectivity index is 4.84. The Labute approximate surface area is 500 Å². The number of esters is 3. The maximum absolute atomic E-state index is 13.0. The van der Waals surface area contributed by atoms with Gasteiger partial charge in [-0.1, -0.05) is 245 Å². The third-order valence-electron chi connectivity index (χ3n) is 13.4. The van der Waals surface area contributed by atoms with Gasteiger partial charge in [0, 0.05) is 19.3 Å². The quantitative estimate of drug-likeness (QED) is 0.0197. The van der Waals surface area contributed by atoms with Crippen LogP contribution in [0, 0.1) is 0 Å². The van der Waals surface area contributed by atoms with Crippen molar-refractivity contribution >= 4 is 25.7 Å². The van der Waals surface area contributed by atoms with Crippen LogP contribution in [0.3, 0.4) is 0 Å². The van der Waals surface area contributed by atoms with Crippen LogP contribution in [0.1, 0.15) is 265 Å². The maximum atomic E-state index is 13.0. The van der Waals surface area contributed by atoms with E-state index in [1.807, 2.05) is 12.2 Å². The lowest BCUT2D eigenvalue weighted by Crippen LogP contribution is -2.30. The van der Waals surface area contributed by atoms with Gasteiger partial charge in [0.15, 0.2) is 6.10 Å². The topological polar surface area (TPSA) is 155 Å². The molecule has 0 aromatic rings. The average Bonchev–Trinajstić information content (AvgIpc) is 3.47. The fourth-order valence-corrected chi connectivity index (χ4v) is 9.23. The number of phosphoric ester groups is 1. The molecule has 2 N–H and O–H groups in total. The lowest BCUT2D eigenvalue weighted by Gasteiger charge is -2.21. The molecule has 0 heterocycles. The monoisotopic (exact) mass is 1160 g/mol. The standard InChI is InChI=1S/C70H117O11P/c1-4-7-10-13-16-19-22-25-28-31-33-36-38-41-44-47-50-53-56-59-68(72)77-63-67(81-70(74)61-58-55-52-49-46-43-40-37-34-32-29-26-23-20-17-14-11-8-5-2)65-79-82(75,76)78-64-66(62-71)80-69(73)60-57-54-51-48-45-42-39-35-30-27-24-21-18-15-12-9-6-3/h7,10,16-17,19-20,25-30,33-34,36-37,41,44,50,53,66-67,71H,4-6,8-9,11-15,18,21-24,31-32,35,38-40,42-43,45-49,51-52,54-65H2,1-3H3,(H,75,76)/b10-7-,19-16-,20-17-,28-25-,29-26-,30-27-,36-33-,37-34-,44-41-,53-50-. The third-order valence-corrected chi connectivity index (χ3v) is 14.3. The van der Waals surface area contributed by atoms with Gasteiger partial charge < -0.3 is 24.2 Å². The second kappa shape index (κ2) is 62.9. The predicted molar refractivity (Wildman–Crippen MR) is 343 cm³/mol. The average molecular weight is 1170 g/mol. The van der Waals surface area contributed by atoms with Gasteiger partial charge in [-0.05, 0) is 122 Å². The fraction of sp³-hybridized carbons (Fsp3) is 0.671. The van der Waals surface area contributed by atoms with Gasteiger partial charge in [-0.3, -0.25) is 23.4 Å². The van der Waals surface area contributed by atoms with Crippen LogP contribution in [0.4, 0.5) is 0 Å². The summed E-state index contributed by atoms with van der Waals surface area (Å²) in [5, 5.41) is 9.86. The number of aliphatic hydroxyl groups is 1. The van der Waals surface area contributed by atoms with Crippen molar-refractivity contribution in [3.05, 3.63) is 122 Å². The number of rotatable bonds is 59. The van der Waals surface area contributed by atoms with E-state index in [-0.39, 0.29) is 25.9 Å². The summed E-state index contributed by atoms with van der Waals surface area (Å²) in [6.45, 7) is 4.41. The number of unbranched alkanes of at least 4 members (excludes halogenated alkanes) is 22. The van der Waals surface area contributed by atoms with Crippen LogP contribution >= 0.6 is 7.82 Å². The first-order valence-electron chi connectivity index (χ1n) is 32.4. The molecule has 11 nitrogen and oxygen atoms in total. The molecule has 3 unspecified atom stereocenters. The smallest absolute Gasteiger partial charge is 0.462 e. The Morgan fingerprint density at radius 3 is 1.06 bits per heavy atom. The number of allylic oxidation sites excluding steroid dienone is 20. The minimum Gasteiger partial charge on any atom is -0.462 e. The lowest BCUT2D eigenvalue weighted by molar-refractivity contribution is -0.161. The van der Waals surface area contributed by atoms with Crippen LogP contribution in [0.2, 0.25) is 0 Å². The molecule has 468 valence electrons. The van der Waals surface area contributed by atoms with Gasteiger partial charge in [0.25, 0.3) is 0 Å². The molecule has 0 aliphatic rings. The molecule has 0 aromatic carbocycles. The van der Waals surface area contributed by atoms with Gasteiger partial charge in [-0.25, -0.2) is 4.57 Å². The highest BCUT2D eigenvalue weighted by Gasteiger charge is 2.28. The van der Waals surface area contributed by atoms with Crippen molar-refractivity contribution in [2.45, 2.75) is 277 Å². The van der Waals surface area contributed by atoms with E-state index < -0.39 is 57.8 Å². The zero-order valence-corrected chi connectivity index (χ0v) is 52.8. The summed E-state index contributed by atoms with van der Waals surface area (Å²) in [5.74, 6) is -1.59. The van der Waals surface area contributed by atoms with Crippen molar-refractivity contribution < 1.29 is 52.2 Å². The van der Waals surface area contributed by atoms with Gasteiger partial charge >= 0.3 is 25.7 Å². The number of phosphoric acid groups is 1. The fourth-order valence-electron chi connectivity index (χ4n) is 8.44. The van der Waals surface area contributed by atoms with Crippen molar-refractivity contribution in [3.8, 4) is 0 Å². The van der Waals surface area contributed by atoms with E-state index in [0.29, 0.717) is 19.3 Å². The van der Waals surface area contributed by atoms with Crippen molar-refractivity contribution in [3.63, 3.8) is 0 Å². The summed E-state index contributed by atoms with van der Waals surface area (Å²) in [5.41, 5.74) is 0. The highest BCUT2D eigenvalue weighted by atomic mass is 31.2. The number of ether oxygens (including phenoxy) is 3. The summed E-state index contributed by atoms with van der Waals surface area (Å²) < 4.78 is 39.6. The summed E-state index contributed by atoms with van der Waals surface area (Å²) >= 11 is 0. The van der Waals surface area contributed by atoms with Crippen LogP contribution in [-0.2, 0) is 42.2 Å². The second-order valence-electron chi connectivity index (χ2n) is 21.2. The van der Waals surface area contributed by atoms with E-state index in [1.165, 1.54) is 89.9 Å². The zero-order chi connectivity index (χ0) is 59.8. The second-order valence-corrected chi connectivity index (χ2v) is 22.6. The highest BCUT2D eigenvalue weighted by Crippen LogP contribution is 2.43. The maximum Gasteiger partial charge on any atom is 0.472 e. The van der Waals surface area contributed by atoms with E-state index in [4.69, 9.17) is 23.3 Å². The molecule has 0 aliphatic carbocycles. The van der Waals surface area contributed by atoms with Crippen molar-refractivity contribution in [2.24, 2.45) is 0 Å². The van der Waals surface area contributed by atoms with Gasteiger partial charge in [0.1, 0.15) is 12.7 Å². The molecule has 0 saturated heterocycles. The third kappa shape index (κ3) is 60.5. The molecule has 0 fully saturated rings. The predicted octanol–water partition coefficient (Wildman–Crippen LogP) is 19.9. The van der Waals surface area contributed by atoms with Crippen molar-refractivity contribution in [1.29, 1.82) is 0 Å². The van der Waals surface area contributed by atoms with Crippen molar-refractivity contribution in [1.82, 2.24) is 0 Å². The molecule has 0 amide bonds. The molecule has 12 heteroatoms. The van der Waals surface area contributed by atoms with Crippen LogP contribution in [0.5, 0.6) is 0 Å². The molecule has 0 bridgehead atoms. The number of carbonyl (C=O) groups excluding carboxylic acids is 3. The number of carbonyl (C=O) groups is 3. The molecular formula is C70H117O11P. The van der Waals surface area contributed by atoms with Crippen LogP contribution in [0.15, 0.2) is 122 Å². The number of aliphatic hydroxyl groups excluding tert-OH is 1. The van der Waals surface area contributed by atoms with E-state index in [9.17, 15) is 28.9 Å². The van der Waals surface area contributed by atoms with Gasteiger partial charge in [-0.2, -0.15) is 0 Å². The molecular weight excluding hydrogens is 1050 g/mol. The molecule has 0 spiro atoms. The Hall–Kier alpha value is -4.12. The van der Waals surface area contributed by atoms with E-state index in [2.05, 4.69) is 130 Å². The van der Waals surface area contributed by atoms with Crippen molar-refractivity contribution in [2.75, 3.05) is 26.4 Å². The van der Waals surface area contributed by atoms with Gasteiger partial charge in [0.2, 0.25) is 0 Å². The Morgan fingerprint density at radius 1 is 0.354 bits per heavy atom. The van der Waals surface area contributed by atoms with Gasteiger partial charge in [0.05, 0.1) is 19.8 Å². The SMILES string of the molecule is CC/C=C\C/C=C\C/C=C\C/C=C\C/C=C\C/C=C\CCC(=O)OCC(COP(=O)(O)OCC(CO)OC(=O)CCCCCCCCC/C=C\CCCCCCCC)OC(=O)CCCCCCCC/C=C\C/C=C\C/C=C\CCCCC. The molecule has 82 heavy (non-hydrogen) atoms. The minimum absolute atomic E-state index is 0.0925. The van der Waals surface area contributed by atoms with Crippen LogP contribution in [0.25, 0.3) is 0 Å². The number of hydrogen-bond donors (Lipinski definition) is 2. The molecule has 3 atom stereocenters. The van der Waals surface area contributed by atoms with Crippen LogP contribution < -0.4 is 0 Å². The normalized spacial score (nSPS) is 14.1. The first-order chi connectivity index (χ1) is 40.2. The van der Waals surface area contributed by atoms with E-state index in [0.717, 1.165) is 116 Å². The molecule has 0 rings (SSSR count). The molecule has 0 aliphatic heterocycles. The Morgan fingerprint density at radius 2 is 0.659 bits per heavy atom. The largest absolute Gasteiger partial charge is 0.472 e. The summed E-state index contributed by atoms with van der Waals surface area (Å²) in [6, 6.07) is 0. The Kier molecular flexibility index (Phi) is 59.8. The van der Waals surface area contributed by atoms with E-state index in [1.54, 1.807) is 0 Å². The van der Waals surface area contributed by atoms with Crippen LogP contribution in [-0.4, -0.2) is 66.5 Å². The first kappa shape index (κ1) is 77.9. The lowest BCUT2D eigenvalue weighted by atomic mass is 10.1. The van der Waals surface area contributed by atoms with Gasteiger partial charge in [-0.15, -0.1) is 0 Å². The summed E-state index contributed by atoms with van der Waals surface area (Å²) in [6.07, 6.45) is 78.7. The highest BCUT2D eigenvalue weighted by molar-refractivity contribution is 7.47. The molecule has 0 radical (unpaired) electrons.